The third kappa shape index (κ3) is 3.85. The van der Waals surface area contributed by atoms with Crippen LogP contribution in [0.1, 0.15) is 20.0 Å². The lowest BCUT2D eigenvalue weighted by molar-refractivity contribution is 0.0537. The van der Waals surface area contributed by atoms with Crippen molar-refractivity contribution >= 4 is 23.2 Å². The van der Waals surface area contributed by atoms with Gasteiger partial charge < -0.3 is 24.0 Å². The summed E-state index contributed by atoms with van der Waals surface area (Å²) < 4.78 is 15.9. The monoisotopic (exact) mass is 390 g/mol. The molecule has 2 heterocycles. The Kier molecular flexibility index (Phi) is 5.85. The molecule has 0 unspecified atom stereocenters. The molecule has 0 atom stereocenters. The van der Waals surface area contributed by atoms with Gasteiger partial charge >= 0.3 is 0 Å². The lowest BCUT2D eigenvalue weighted by atomic mass is 10.1. The molecule has 3 rings (SSSR count). The minimum Gasteiger partial charge on any atom is -0.493 e. The highest BCUT2D eigenvalue weighted by molar-refractivity contribution is 7.12. The van der Waals surface area contributed by atoms with Crippen molar-refractivity contribution in [2.24, 2.45) is 0 Å². The molecule has 0 bridgehead atoms. The number of amides is 2. The van der Waals surface area contributed by atoms with Crippen LogP contribution in [0.5, 0.6) is 17.2 Å². The zero-order chi connectivity index (χ0) is 19.4. The van der Waals surface area contributed by atoms with E-state index in [4.69, 9.17) is 14.2 Å². The number of carbonyl (C=O) groups excluding carboxylic acids is 2. The van der Waals surface area contributed by atoms with Gasteiger partial charge in [0.2, 0.25) is 5.75 Å². The number of methoxy groups -OCH3 is 3. The van der Waals surface area contributed by atoms with Crippen LogP contribution in [0.2, 0.25) is 0 Å². The van der Waals surface area contributed by atoms with Crippen LogP contribution in [0.15, 0.2) is 29.6 Å². The Bertz CT molecular complexity index is 789. The molecule has 144 valence electrons. The molecule has 1 saturated heterocycles. The molecule has 8 heteroatoms. The largest absolute Gasteiger partial charge is 0.493 e. The molecule has 2 aromatic rings. The number of ether oxygens (including phenoxy) is 3. The summed E-state index contributed by atoms with van der Waals surface area (Å²) in [6.45, 7) is 1.97. The molecule has 27 heavy (non-hydrogen) atoms. The molecule has 1 aromatic heterocycles. The summed E-state index contributed by atoms with van der Waals surface area (Å²) in [5.74, 6) is 1.21. The van der Waals surface area contributed by atoms with Crippen molar-refractivity contribution in [2.45, 2.75) is 0 Å². The van der Waals surface area contributed by atoms with E-state index in [2.05, 4.69) is 0 Å². The molecule has 1 aromatic carbocycles. The van der Waals surface area contributed by atoms with E-state index in [1.54, 1.807) is 21.9 Å². The molecule has 2 amide bonds. The van der Waals surface area contributed by atoms with E-state index in [9.17, 15) is 9.59 Å². The fraction of sp³-hybridized carbons (Fsp3) is 0.368. The van der Waals surface area contributed by atoms with Gasteiger partial charge in [-0.1, -0.05) is 6.07 Å². The van der Waals surface area contributed by atoms with Gasteiger partial charge in [-0.15, -0.1) is 11.3 Å². The summed E-state index contributed by atoms with van der Waals surface area (Å²) >= 11 is 1.43. The average Bonchev–Trinajstić information content (AvgIpc) is 3.26. The zero-order valence-corrected chi connectivity index (χ0v) is 16.4. The van der Waals surface area contributed by atoms with Crippen molar-refractivity contribution in [1.82, 2.24) is 9.80 Å². The normalized spacial score (nSPS) is 14.0. The second-order valence-corrected chi connectivity index (χ2v) is 6.92. The van der Waals surface area contributed by atoms with Crippen LogP contribution < -0.4 is 14.2 Å². The van der Waals surface area contributed by atoms with Crippen molar-refractivity contribution in [3.8, 4) is 17.2 Å². The minimum absolute atomic E-state index is 0.0184. The van der Waals surface area contributed by atoms with Crippen molar-refractivity contribution in [3.63, 3.8) is 0 Å². The molecule has 0 N–H and O–H groups in total. The highest BCUT2D eigenvalue weighted by atomic mass is 32.1. The number of thiophene rings is 1. The average molecular weight is 390 g/mol. The molecular formula is C19H22N2O5S. The number of nitrogens with zero attached hydrogens (tertiary/aromatic N) is 2. The Hall–Kier alpha value is -2.74. The summed E-state index contributed by atoms with van der Waals surface area (Å²) in [7, 11) is 4.55. The fourth-order valence-corrected chi connectivity index (χ4v) is 3.75. The minimum atomic E-state index is -0.127. The van der Waals surface area contributed by atoms with Crippen molar-refractivity contribution in [2.75, 3.05) is 47.5 Å². The number of hydrogen-bond donors (Lipinski definition) is 0. The topological polar surface area (TPSA) is 68.3 Å². The maximum atomic E-state index is 12.9. The summed E-state index contributed by atoms with van der Waals surface area (Å²) in [5.41, 5.74) is 0.461. The lowest BCUT2D eigenvalue weighted by Crippen LogP contribution is -2.50. The van der Waals surface area contributed by atoms with Gasteiger partial charge in [-0.3, -0.25) is 9.59 Å². The smallest absolute Gasteiger partial charge is 0.264 e. The highest BCUT2D eigenvalue weighted by Gasteiger charge is 2.27. The molecule has 0 saturated carbocycles. The van der Waals surface area contributed by atoms with E-state index in [1.165, 1.54) is 32.7 Å². The third-order valence-electron chi connectivity index (χ3n) is 4.50. The van der Waals surface area contributed by atoms with Gasteiger partial charge in [0.15, 0.2) is 11.5 Å². The number of hydrogen-bond acceptors (Lipinski definition) is 6. The maximum Gasteiger partial charge on any atom is 0.264 e. The lowest BCUT2D eigenvalue weighted by Gasteiger charge is -2.34. The Morgan fingerprint density at radius 2 is 1.44 bits per heavy atom. The number of carbonyl (C=O) groups is 2. The molecule has 7 nitrogen and oxygen atoms in total. The van der Waals surface area contributed by atoms with E-state index in [0.717, 1.165) is 4.88 Å². The predicted octanol–water partition coefficient (Wildman–Crippen LogP) is 2.37. The van der Waals surface area contributed by atoms with Crippen molar-refractivity contribution in [1.29, 1.82) is 0 Å². The van der Waals surface area contributed by atoms with Gasteiger partial charge in [0.1, 0.15) is 0 Å². The van der Waals surface area contributed by atoms with Gasteiger partial charge in [-0.25, -0.2) is 0 Å². The number of rotatable bonds is 5. The van der Waals surface area contributed by atoms with Gasteiger partial charge in [0, 0.05) is 31.7 Å². The molecule has 0 spiro atoms. The molecule has 1 aliphatic heterocycles. The Labute approximate surface area is 162 Å². The van der Waals surface area contributed by atoms with E-state index in [0.29, 0.717) is 49.0 Å². The summed E-state index contributed by atoms with van der Waals surface area (Å²) in [6, 6.07) is 6.97. The first-order valence-electron chi connectivity index (χ1n) is 8.51. The van der Waals surface area contributed by atoms with Crippen LogP contribution in [0, 0.1) is 0 Å². The van der Waals surface area contributed by atoms with E-state index < -0.39 is 0 Å². The zero-order valence-electron chi connectivity index (χ0n) is 15.6. The first-order valence-corrected chi connectivity index (χ1v) is 9.39. The first-order chi connectivity index (χ1) is 13.1. The van der Waals surface area contributed by atoms with Gasteiger partial charge in [-0.2, -0.15) is 0 Å². The maximum absolute atomic E-state index is 12.9. The second kappa shape index (κ2) is 8.30. The Balaban J connectivity index is 1.71. The van der Waals surface area contributed by atoms with Gasteiger partial charge in [-0.05, 0) is 23.6 Å². The van der Waals surface area contributed by atoms with Crippen LogP contribution in [0.4, 0.5) is 0 Å². The van der Waals surface area contributed by atoms with Gasteiger partial charge in [0.05, 0.1) is 26.2 Å². The Morgan fingerprint density at radius 3 is 1.89 bits per heavy atom. The predicted molar refractivity (Wildman–Crippen MR) is 102 cm³/mol. The highest BCUT2D eigenvalue weighted by Crippen LogP contribution is 2.38. The summed E-state index contributed by atoms with van der Waals surface area (Å²) in [4.78, 5) is 29.6. The number of benzene rings is 1. The molecule has 0 radical (unpaired) electrons. The molecular weight excluding hydrogens is 368 g/mol. The van der Waals surface area contributed by atoms with Crippen LogP contribution >= 0.6 is 11.3 Å². The summed E-state index contributed by atoms with van der Waals surface area (Å²) in [5, 5.41) is 1.89. The van der Waals surface area contributed by atoms with Crippen LogP contribution in [0.3, 0.4) is 0 Å². The van der Waals surface area contributed by atoms with E-state index in [1.807, 2.05) is 17.5 Å². The van der Waals surface area contributed by atoms with Crippen molar-refractivity contribution < 1.29 is 23.8 Å². The molecule has 0 aliphatic carbocycles. The van der Waals surface area contributed by atoms with Crippen LogP contribution in [0.25, 0.3) is 0 Å². The number of piperazine rings is 1. The SMILES string of the molecule is COc1cc(C(=O)N2CCN(C(=O)c3cccs3)CC2)cc(OC)c1OC. The third-order valence-corrected chi connectivity index (χ3v) is 5.36. The second-order valence-electron chi connectivity index (χ2n) is 5.98. The molecule has 1 fully saturated rings. The van der Waals surface area contributed by atoms with Crippen molar-refractivity contribution in [3.05, 3.63) is 40.1 Å². The van der Waals surface area contributed by atoms with E-state index in [-0.39, 0.29) is 11.8 Å². The Morgan fingerprint density at radius 1 is 0.889 bits per heavy atom. The molecule has 1 aliphatic rings. The van der Waals surface area contributed by atoms with Gasteiger partial charge in [0.25, 0.3) is 11.8 Å². The fourth-order valence-electron chi connectivity index (χ4n) is 3.06. The first kappa shape index (κ1) is 19.0. The van der Waals surface area contributed by atoms with E-state index >= 15 is 0 Å². The quantitative estimate of drug-likeness (QED) is 0.784. The standard InChI is InChI=1S/C19H22N2O5S/c1-24-14-11-13(12-15(25-2)17(14)26-3)18(22)20-6-8-21(9-7-20)19(23)16-5-4-10-27-16/h4-5,10-12H,6-9H2,1-3H3. The van der Waals surface area contributed by atoms with Crippen LogP contribution in [-0.2, 0) is 0 Å². The summed E-state index contributed by atoms with van der Waals surface area (Å²) in [6.07, 6.45) is 0. The van der Waals surface area contributed by atoms with Crippen LogP contribution in [-0.4, -0.2) is 69.1 Å².